The number of allylic oxidation sites excluding steroid dienone is 1. The summed E-state index contributed by atoms with van der Waals surface area (Å²) in [6.45, 7) is 6.87. The molecule has 1 rings (SSSR count). The molecule has 0 aromatic heterocycles. The summed E-state index contributed by atoms with van der Waals surface area (Å²) in [6, 6.07) is 0. The molecule has 106 valence electrons. The monoisotopic (exact) mass is 316 g/mol. The fourth-order valence-electron chi connectivity index (χ4n) is 2.24. The number of nitrogens with zero attached hydrogens (tertiary/aromatic N) is 2. The van der Waals surface area contributed by atoms with Crippen molar-refractivity contribution in [1.82, 2.24) is 9.80 Å². The van der Waals surface area contributed by atoms with E-state index >= 15 is 0 Å². The van der Waals surface area contributed by atoms with Gasteiger partial charge in [0.1, 0.15) is 0 Å². The topological polar surface area (TPSA) is 6.48 Å². The van der Waals surface area contributed by atoms with Crippen LogP contribution in [0.1, 0.15) is 39.5 Å². The van der Waals surface area contributed by atoms with Crippen molar-refractivity contribution in [3.63, 3.8) is 0 Å². The van der Waals surface area contributed by atoms with Crippen molar-refractivity contribution in [1.29, 1.82) is 0 Å². The normalized spacial score (nSPS) is 16.0. The summed E-state index contributed by atoms with van der Waals surface area (Å²) in [6.07, 6.45) is 12.1. The molecule has 0 saturated carbocycles. The third kappa shape index (κ3) is 5.94. The zero-order valence-corrected chi connectivity index (χ0v) is 14.1. The molecule has 0 saturated heterocycles. The van der Waals surface area contributed by atoms with E-state index in [1.54, 1.807) is 0 Å². The van der Waals surface area contributed by atoms with Crippen LogP contribution in [0.5, 0.6) is 0 Å². The van der Waals surface area contributed by atoms with Crippen molar-refractivity contribution in [2.24, 2.45) is 5.92 Å². The number of rotatable bonds is 7. The summed E-state index contributed by atoms with van der Waals surface area (Å²) in [7, 11) is 4.20. The van der Waals surface area contributed by atoms with Gasteiger partial charge in [-0.1, -0.05) is 33.1 Å². The molecule has 0 aliphatic carbocycles. The maximum atomic E-state index is 2.44. The quantitative estimate of drug-likeness (QED) is 0.699. The van der Waals surface area contributed by atoms with Gasteiger partial charge in [-0.15, -0.1) is 17.0 Å². The summed E-state index contributed by atoms with van der Waals surface area (Å²) in [4.78, 5) is 4.61. The lowest BCUT2D eigenvalue weighted by Gasteiger charge is -2.28. The first kappa shape index (κ1) is 17.6. The van der Waals surface area contributed by atoms with Gasteiger partial charge in [-0.2, -0.15) is 0 Å². The largest absolute Gasteiger partial charge is 0.378 e. The van der Waals surface area contributed by atoms with E-state index in [1.165, 1.54) is 37.9 Å². The average molecular weight is 317 g/mol. The molecular formula is C15H29BrN2. The molecule has 1 heterocycles. The fourth-order valence-corrected chi connectivity index (χ4v) is 2.24. The highest BCUT2D eigenvalue weighted by Gasteiger charge is 2.11. The Morgan fingerprint density at radius 2 is 2.06 bits per heavy atom. The molecule has 1 unspecified atom stereocenters. The van der Waals surface area contributed by atoms with Crippen molar-refractivity contribution >= 4 is 17.0 Å². The van der Waals surface area contributed by atoms with Crippen LogP contribution < -0.4 is 0 Å². The molecule has 0 aromatic carbocycles. The molecule has 0 spiro atoms. The van der Waals surface area contributed by atoms with E-state index < -0.39 is 0 Å². The van der Waals surface area contributed by atoms with Crippen LogP contribution in [0, 0.1) is 5.92 Å². The Labute approximate surface area is 123 Å². The highest BCUT2D eigenvalue weighted by molar-refractivity contribution is 8.93. The van der Waals surface area contributed by atoms with Crippen LogP contribution in [0.2, 0.25) is 0 Å². The highest BCUT2D eigenvalue weighted by Crippen LogP contribution is 2.17. The SMILES string of the molecule is Br.CCCCC(CC)CN1C=CC(N(C)C)=CC1. The van der Waals surface area contributed by atoms with E-state index in [-0.39, 0.29) is 17.0 Å². The third-order valence-electron chi connectivity index (χ3n) is 3.54. The van der Waals surface area contributed by atoms with Crippen LogP contribution in [-0.2, 0) is 0 Å². The van der Waals surface area contributed by atoms with E-state index in [9.17, 15) is 0 Å². The molecule has 0 fully saturated rings. The molecule has 0 radical (unpaired) electrons. The molecule has 0 amide bonds. The predicted octanol–water partition coefficient (Wildman–Crippen LogP) is 4.06. The molecule has 18 heavy (non-hydrogen) atoms. The number of likely N-dealkylation sites (N-methyl/N-ethyl adjacent to an activating group) is 1. The molecule has 1 aliphatic rings. The first-order valence-electron chi connectivity index (χ1n) is 6.97. The van der Waals surface area contributed by atoms with Gasteiger partial charge in [0.2, 0.25) is 0 Å². The van der Waals surface area contributed by atoms with E-state index in [0.29, 0.717) is 0 Å². The van der Waals surface area contributed by atoms with Crippen molar-refractivity contribution < 1.29 is 0 Å². The van der Waals surface area contributed by atoms with Gasteiger partial charge in [0.15, 0.2) is 0 Å². The minimum absolute atomic E-state index is 0. The predicted molar refractivity (Wildman–Crippen MR) is 86.1 cm³/mol. The summed E-state index contributed by atoms with van der Waals surface area (Å²) in [5, 5.41) is 0. The molecule has 2 nitrogen and oxygen atoms in total. The lowest BCUT2D eigenvalue weighted by Crippen LogP contribution is -2.28. The summed E-state index contributed by atoms with van der Waals surface area (Å²) >= 11 is 0. The molecule has 0 aromatic rings. The Morgan fingerprint density at radius 3 is 2.50 bits per heavy atom. The lowest BCUT2D eigenvalue weighted by atomic mass is 9.98. The van der Waals surface area contributed by atoms with Gasteiger partial charge in [0, 0.05) is 39.1 Å². The molecule has 3 heteroatoms. The Balaban J connectivity index is 0.00000289. The second-order valence-corrected chi connectivity index (χ2v) is 5.21. The van der Waals surface area contributed by atoms with Crippen molar-refractivity contribution in [3.8, 4) is 0 Å². The average Bonchev–Trinajstić information content (AvgIpc) is 2.35. The van der Waals surface area contributed by atoms with Gasteiger partial charge < -0.3 is 9.80 Å². The number of halogens is 1. The van der Waals surface area contributed by atoms with Crippen molar-refractivity contribution in [3.05, 3.63) is 24.0 Å². The lowest BCUT2D eigenvalue weighted by molar-refractivity contribution is 0.300. The second kappa shape index (κ2) is 9.48. The number of hydrogen-bond donors (Lipinski definition) is 0. The minimum atomic E-state index is 0. The smallest absolute Gasteiger partial charge is 0.0377 e. The first-order valence-corrected chi connectivity index (χ1v) is 6.97. The Kier molecular flexibility index (Phi) is 9.25. The van der Waals surface area contributed by atoms with Crippen molar-refractivity contribution in [2.75, 3.05) is 27.2 Å². The zero-order valence-electron chi connectivity index (χ0n) is 12.4. The minimum Gasteiger partial charge on any atom is -0.378 e. The number of unbranched alkanes of at least 4 members (excludes halogenated alkanes) is 1. The zero-order chi connectivity index (χ0) is 12.7. The molecule has 1 atom stereocenters. The van der Waals surface area contributed by atoms with Gasteiger partial charge in [-0.25, -0.2) is 0 Å². The maximum absolute atomic E-state index is 2.44. The van der Waals surface area contributed by atoms with E-state index in [0.717, 1.165) is 12.5 Å². The van der Waals surface area contributed by atoms with Crippen LogP contribution in [0.4, 0.5) is 0 Å². The standard InChI is InChI=1S/C15H28N2.BrH/c1-5-7-8-14(6-2)13-17-11-9-15(10-12-17)16(3)4;/h9-11,14H,5-8,12-13H2,1-4H3;1H. The summed E-state index contributed by atoms with van der Waals surface area (Å²) in [5.74, 6) is 0.855. The Bertz CT molecular complexity index is 272. The van der Waals surface area contributed by atoms with Gasteiger partial charge in [-0.3, -0.25) is 0 Å². The van der Waals surface area contributed by atoms with Crippen LogP contribution >= 0.6 is 17.0 Å². The Morgan fingerprint density at radius 1 is 1.33 bits per heavy atom. The third-order valence-corrected chi connectivity index (χ3v) is 3.54. The van der Waals surface area contributed by atoms with E-state index in [2.05, 4.69) is 56.1 Å². The molecular weight excluding hydrogens is 288 g/mol. The summed E-state index contributed by atoms with van der Waals surface area (Å²) < 4.78 is 0. The van der Waals surface area contributed by atoms with Crippen LogP contribution in [0.25, 0.3) is 0 Å². The van der Waals surface area contributed by atoms with Gasteiger partial charge >= 0.3 is 0 Å². The molecule has 0 bridgehead atoms. The summed E-state index contributed by atoms with van der Waals surface area (Å²) in [5.41, 5.74) is 1.32. The highest BCUT2D eigenvalue weighted by atomic mass is 79.9. The van der Waals surface area contributed by atoms with E-state index in [1.807, 2.05) is 0 Å². The fraction of sp³-hybridized carbons (Fsp3) is 0.733. The van der Waals surface area contributed by atoms with Gasteiger partial charge in [0.25, 0.3) is 0 Å². The van der Waals surface area contributed by atoms with Crippen LogP contribution in [0.15, 0.2) is 24.0 Å². The number of hydrogen-bond acceptors (Lipinski definition) is 2. The first-order chi connectivity index (χ1) is 8.17. The van der Waals surface area contributed by atoms with Crippen LogP contribution in [0.3, 0.4) is 0 Å². The Hall–Kier alpha value is -0.440. The van der Waals surface area contributed by atoms with E-state index in [4.69, 9.17) is 0 Å². The van der Waals surface area contributed by atoms with Crippen LogP contribution in [-0.4, -0.2) is 37.0 Å². The molecule has 0 N–H and O–H groups in total. The second-order valence-electron chi connectivity index (χ2n) is 5.21. The van der Waals surface area contributed by atoms with Gasteiger partial charge in [-0.05, 0) is 24.5 Å². The maximum Gasteiger partial charge on any atom is 0.0377 e. The van der Waals surface area contributed by atoms with Gasteiger partial charge in [0.05, 0.1) is 0 Å². The molecule has 1 aliphatic heterocycles. The van der Waals surface area contributed by atoms with Crippen molar-refractivity contribution in [2.45, 2.75) is 39.5 Å².